The second kappa shape index (κ2) is 14.6. The zero-order chi connectivity index (χ0) is 30.5. The molecule has 0 spiro atoms. The molecule has 0 unspecified atom stereocenters. The summed E-state index contributed by atoms with van der Waals surface area (Å²) in [7, 11) is 0. The van der Waals surface area contributed by atoms with Crippen molar-refractivity contribution in [3.05, 3.63) is 150 Å². The topological polar surface area (TPSA) is 0 Å². The molecule has 4 aromatic carbocycles. The third kappa shape index (κ3) is 9.05. The van der Waals surface area contributed by atoms with Gasteiger partial charge in [0.15, 0.2) is 0 Å². The zero-order valence-electron chi connectivity index (χ0n) is 25.4. The third-order valence-electron chi connectivity index (χ3n) is 7.38. The molecule has 212 valence electrons. The Balaban J connectivity index is 0.000000170. The Labute approximate surface area is 295 Å². The van der Waals surface area contributed by atoms with Crippen molar-refractivity contribution in [2.24, 2.45) is 0 Å². The Morgan fingerprint density at radius 1 is 0.714 bits per heavy atom. The van der Waals surface area contributed by atoms with Gasteiger partial charge < -0.3 is 0 Å². The van der Waals surface area contributed by atoms with Gasteiger partial charge in [-0.25, -0.2) is 12.2 Å². The summed E-state index contributed by atoms with van der Waals surface area (Å²) in [6.45, 7) is 13.6. The molecule has 0 atom stereocenters. The van der Waals surface area contributed by atoms with Crippen molar-refractivity contribution in [3.8, 4) is 11.1 Å². The van der Waals surface area contributed by atoms with Crippen LogP contribution in [0.15, 0.2) is 97.1 Å². The van der Waals surface area contributed by atoms with Crippen LogP contribution in [0, 0.1) is 19.3 Å². The molecule has 0 saturated heterocycles. The molecule has 0 N–H and O–H groups in total. The van der Waals surface area contributed by atoms with Crippen LogP contribution in [0.25, 0.3) is 11.1 Å². The first-order valence-corrected chi connectivity index (χ1v) is 17.7. The molecule has 6 rings (SSSR count). The van der Waals surface area contributed by atoms with Gasteiger partial charge in [0.2, 0.25) is 0 Å². The fourth-order valence-corrected chi connectivity index (χ4v) is 6.26. The SMILES string of the molecule is CC(C)(C)c1c[c-]c2c(c1)-c1cc(C(C)(C)C)ccc1C2.[C-]1=CC=CC1.[Zr+2]=[C](c1ccc(I)cc1)c1ccc(I)cc1. The molecule has 0 heterocycles. The summed E-state index contributed by atoms with van der Waals surface area (Å²) >= 11 is 6.13. The van der Waals surface area contributed by atoms with Crippen molar-refractivity contribution < 1.29 is 24.2 Å². The molecule has 0 bridgehead atoms. The normalized spacial score (nSPS) is 13.0. The van der Waals surface area contributed by atoms with Crippen molar-refractivity contribution >= 4 is 48.4 Å². The predicted octanol–water partition coefficient (Wildman–Crippen LogP) is 11.0. The number of hydrogen-bond acceptors (Lipinski definition) is 0. The monoisotopic (exact) mass is 850 g/mol. The molecular formula is C39H38I2Zr. The van der Waals surface area contributed by atoms with E-state index in [4.69, 9.17) is 0 Å². The standard InChI is InChI=1S/C21H25.C13H8I2.C5H5.Zr/c1-20(2,3)16-9-7-14-11-15-8-10-17(21(4,5)6)13-19(15)18(14)12-16;14-12-5-1-10(2-6-12)9-11-3-7-13(15)8-4-11;1-2-4-5-3-1;/h7,9-10,12-13H,11H2,1-6H3;1-8H;1-3H,4H2;/q-1;;-1;+2. The predicted molar refractivity (Wildman–Crippen MR) is 194 cm³/mol. The molecule has 3 heteroatoms. The number of fused-ring (bicyclic) bond motifs is 3. The minimum absolute atomic E-state index is 0.177. The average Bonchev–Trinajstić information content (AvgIpc) is 3.64. The minimum atomic E-state index is 0.177. The quantitative estimate of drug-likeness (QED) is 0.123. The van der Waals surface area contributed by atoms with E-state index in [1.54, 1.807) is 0 Å². The zero-order valence-corrected chi connectivity index (χ0v) is 32.2. The molecule has 0 fully saturated rings. The summed E-state index contributed by atoms with van der Waals surface area (Å²) < 4.78 is 3.99. The van der Waals surface area contributed by atoms with Gasteiger partial charge in [0, 0.05) is 0 Å². The van der Waals surface area contributed by atoms with Crippen LogP contribution in [-0.4, -0.2) is 3.21 Å². The average molecular weight is 852 g/mol. The van der Waals surface area contributed by atoms with Gasteiger partial charge in [-0.1, -0.05) is 76.3 Å². The van der Waals surface area contributed by atoms with Crippen LogP contribution in [0.1, 0.15) is 81.3 Å². The second-order valence-corrected chi connectivity index (χ2v) is 16.4. The molecule has 2 aliphatic carbocycles. The number of allylic oxidation sites excluding steroid dienone is 4. The van der Waals surface area contributed by atoms with Crippen molar-refractivity contribution in [1.29, 1.82) is 0 Å². The maximum atomic E-state index is 3.53. The molecule has 42 heavy (non-hydrogen) atoms. The van der Waals surface area contributed by atoms with Crippen molar-refractivity contribution in [1.82, 2.24) is 0 Å². The Morgan fingerprint density at radius 2 is 1.26 bits per heavy atom. The van der Waals surface area contributed by atoms with E-state index in [-0.39, 0.29) is 10.8 Å². The molecule has 4 aromatic rings. The summed E-state index contributed by atoms with van der Waals surface area (Å²) in [5.74, 6) is 0. The summed E-state index contributed by atoms with van der Waals surface area (Å²) in [5, 5.41) is 0. The van der Waals surface area contributed by atoms with Crippen LogP contribution in [0.2, 0.25) is 0 Å². The third-order valence-corrected chi connectivity index (χ3v) is 10.2. The fraction of sp³-hybridized carbons (Fsp3) is 0.256. The van der Waals surface area contributed by atoms with Gasteiger partial charge in [-0.05, 0) is 17.4 Å². The van der Waals surface area contributed by atoms with E-state index >= 15 is 0 Å². The van der Waals surface area contributed by atoms with E-state index < -0.39 is 0 Å². The molecule has 0 aromatic heterocycles. The van der Waals surface area contributed by atoms with Crippen molar-refractivity contribution in [2.75, 3.05) is 0 Å². The molecular weight excluding hydrogens is 813 g/mol. The molecule has 0 aliphatic heterocycles. The van der Waals surface area contributed by atoms with Gasteiger partial charge in [0.1, 0.15) is 0 Å². The van der Waals surface area contributed by atoms with Gasteiger partial charge in [0.05, 0.1) is 0 Å². The van der Waals surface area contributed by atoms with Gasteiger partial charge in [0.25, 0.3) is 0 Å². The molecule has 2 aliphatic rings. The van der Waals surface area contributed by atoms with Gasteiger partial charge in [-0.15, -0.1) is 12.0 Å². The molecule has 0 saturated carbocycles. The van der Waals surface area contributed by atoms with Crippen LogP contribution in [0.4, 0.5) is 0 Å². The molecule has 0 radical (unpaired) electrons. The first-order valence-electron chi connectivity index (χ1n) is 14.3. The van der Waals surface area contributed by atoms with Crippen LogP contribution in [0.3, 0.4) is 0 Å². The van der Waals surface area contributed by atoms with Gasteiger partial charge in [-0.2, -0.15) is 35.4 Å². The van der Waals surface area contributed by atoms with Crippen molar-refractivity contribution in [2.45, 2.75) is 65.2 Å². The number of halogens is 2. The van der Waals surface area contributed by atoms with E-state index in [0.717, 1.165) is 12.8 Å². The van der Waals surface area contributed by atoms with E-state index in [2.05, 4.69) is 184 Å². The van der Waals surface area contributed by atoms with Crippen LogP contribution in [0.5, 0.6) is 0 Å². The van der Waals surface area contributed by atoms with Gasteiger partial charge >= 0.3 is 139 Å². The van der Waals surface area contributed by atoms with Crippen LogP contribution in [-0.2, 0) is 41.5 Å². The van der Waals surface area contributed by atoms with Crippen molar-refractivity contribution in [3.63, 3.8) is 0 Å². The van der Waals surface area contributed by atoms with E-state index in [1.807, 2.05) is 12.2 Å². The second-order valence-electron chi connectivity index (χ2n) is 12.7. The number of benzene rings is 4. The number of hydrogen-bond donors (Lipinski definition) is 0. The summed E-state index contributed by atoms with van der Waals surface area (Å²) in [5.41, 5.74) is 11.4. The summed E-state index contributed by atoms with van der Waals surface area (Å²) in [4.78, 5) is 0. The maximum absolute atomic E-state index is 3.53. The summed E-state index contributed by atoms with van der Waals surface area (Å²) in [6.07, 6.45) is 11.0. The van der Waals surface area contributed by atoms with E-state index in [0.29, 0.717) is 0 Å². The number of rotatable bonds is 2. The Kier molecular flexibility index (Phi) is 11.6. The Hall–Kier alpha value is -1.43. The fourth-order valence-electron chi connectivity index (χ4n) is 4.72. The van der Waals surface area contributed by atoms with E-state index in [1.165, 1.54) is 79.1 Å². The van der Waals surface area contributed by atoms with Crippen LogP contribution >= 0.6 is 45.2 Å². The first kappa shape index (κ1) is 33.5. The molecule has 0 nitrogen and oxygen atoms in total. The first-order chi connectivity index (χ1) is 19.8. The van der Waals surface area contributed by atoms with Gasteiger partial charge in [-0.3, -0.25) is 6.08 Å². The Morgan fingerprint density at radius 3 is 1.71 bits per heavy atom. The van der Waals surface area contributed by atoms with E-state index in [9.17, 15) is 0 Å². The Bertz CT molecular complexity index is 1470. The summed E-state index contributed by atoms with van der Waals surface area (Å²) in [6, 6.07) is 32.5. The molecule has 0 amide bonds. The van der Waals surface area contributed by atoms with Crippen LogP contribution < -0.4 is 0 Å².